The molecule has 0 bridgehead atoms. The Labute approximate surface area is 126 Å². The van der Waals surface area contributed by atoms with E-state index in [0.717, 1.165) is 34.0 Å². The SMILES string of the molecule is Cn1ncnc1-c1ccn2c(-c3ccc(N)cc3)cnc2c1. The molecular formula is C16H14N6. The van der Waals surface area contributed by atoms with E-state index in [9.17, 15) is 0 Å². The van der Waals surface area contributed by atoms with E-state index in [1.54, 1.807) is 11.0 Å². The Morgan fingerprint density at radius 2 is 1.82 bits per heavy atom. The normalized spacial score (nSPS) is 11.1. The summed E-state index contributed by atoms with van der Waals surface area (Å²) in [4.78, 5) is 8.76. The molecule has 3 heterocycles. The number of fused-ring (bicyclic) bond motifs is 1. The van der Waals surface area contributed by atoms with Crippen LogP contribution in [-0.2, 0) is 7.05 Å². The number of nitrogens with two attached hydrogens (primary N) is 1. The van der Waals surface area contributed by atoms with Crippen LogP contribution in [0.2, 0.25) is 0 Å². The van der Waals surface area contributed by atoms with E-state index >= 15 is 0 Å². The molecule has 4 aromatic rings. The molecule has 0 saturated heterocycles. The molecule has 6 heteroatoms. The number of hydrogen-bond donors (Lipinski definition) is 1. The number of aryl methyl sites for hydroxylation is 1. The van der Waals surface area contributed by atoms with Gasteiger partial charge in [0.05, 0.1) is 11.9 Å². The summed E-state index contributed by atoms with van der Waals surface area (Å²) in [7, 11) is 1.87. The van der Waals surface area contributed by atoms with Crippen LogP contribution in [0.25, 0.3) is 28.3 Å². The van der Waals surface area contributed by atoms with E-state index in [0.29, 0.717) is 0 Å². The first-order valence-corrected chi connectivity index (χ1v) is 6.90. The number of nitrogens with zero attached hydrogens (tertiary/aromatic N) is 5. The zero-order valence-corrected chi connectivity index (χ0v) is 12.0. The molecule has 0 aliphatic heterocycles. The lowest BCUT2D eigenvalue weighted by Crippen LogP contribution is -1.96. The third kappa shape index (κ3) is 1.93. The third-order valence-corrected chi connectivity index (χ3v) is 3.69. The van der Waals surface area contributed by atoms with Gasteiger partial charge in [0.15, 0.2) is 5.82 Å². The minimum atomic E-state index is 0.752. The number of hydrogen-bond acceptors (Lipinski definition) is 4. The molecule has 0 spiro atoms. The fraction of sp³-hybridized carbons (Fsp3) is 0.0625. The van der Waals surface area contributed by atoms with Crippen molar-refractivity contribution in [2.75, 3.05) is 5.73 Å². The summed E-state index contributed by atoms with van der Waals surface area (Å²) in [6.45, 7) is 0. The van der Waals surface area contributed by atoms with E-state index in [1.807, 2.05) is 60.2 Å². The first-order chi connectivity index (χ1) is 10.7. The molecule has 3 aromatic heterocycles. The average Bonchev–Trinajstić information content (AvgIpc) is 3.13. The summed E-state index contributed by atoms with van der Waals surface area (Å²) in [5.74, 6) is 0.819. The molecule has 1 aromatic carbocycles. The van der Waals surface area contributed by atoms with Gasteiger partial charge < -0.3 is 5.73 Å². The Kier molecular flexibility index (Phi) is 2.69. The molecule has 6 nitrogen and oxygen atoms in total. The maximum Gasteiger partial charge on any atom is 0.157 e. The lowest BCUT2D eigenvalue weighted by atomic mass is 10.1. The van der Waals surface area contributed by atoms with E-state index in [4.69, 9.17) is 5.73 Å². The highest BCUT2D eigenvalue weighted by Crippen LogP contribution is 2.24. The fourth-order valence-electron chi connectivity index (χ4n) is 2.54. The van der Waals surface area contributed by atoms with Crippen LogP contribution < -0.4 is 5.73 Å². The topological polar surface area (TPSA) is 74.0 Å². The molecule has 0 radical (unpaired) electrons. The van der Waals surface area contributed by atoms with Gasteiger partial charge in [0.2, 0.25) is 0 Å². The Morgan fingerprint density at radius 3 is 2.55 bits per heavy atom. The van der Waals surface area contributed by atoms with Gasteiger partial charge in [-0.15, -0.1) is 0 Å². The Hall–Kier alpha value is -3.15. The second-order valence-electron chi connectivity index (χ2n) is 5.12. The molecular weight excluding hydrogens is 276 g/mol. The lowest BCUT2D eigenvalue weighted by Gasteiger charge is -2.05. The van der Waals surface area contributed by atoms with Crippen LogP contribution in [0.15, 0.2) is 55.1 Å². The van der Waals surface area contributed by atoms with Crippen molar-refractivity contribution in [2.45, 2.75) is 0 Å². The number of pyridine rings is 1. The largest absolute Gasteiger partial charge is 0.399 e. The highest BCUT2D eigenvalue weighted by molar-refractivity contribution is 5.68. The van der Waals surface area contributed by atoms with Crippen molar-refractivity contribution in [1.82, 2.24) is 24.1 Å². The number of benzene rings is 1. The molecule has 0 fully saturated rings. The quantitative estimate of drug-likeness (QED) is 0.575. The number of anilines is 1. The predicted molar refractivity (Wildman–Crippen MR) is 85.0 cm³/mol. The maximum atomic E-state index is 5.74. The van der Waals surface area contributed by atoms with E-state index in [2.05, 4.69) is 15.1 Å². The van der Waals surface area contributed by atoms with Crippen molar-refractivity contribution in [3.63, 3.8) is 0 Å². The zero-order valence-electron chi connectivity index (χ0n) is 12.0. The van der Waals surface area contributed by atoms with Crippen molar-refractivity contribution >= 4 is 11.3 Å². The van der Waals surface area contributed by atoms with Gasteiger partial charge in [0.1, 0.15) is 12.0 Å². The summed E-state index contributed by atoms with van der Waals surface area (Å²) < 4.78 is 3.79. The highest BCUT2D eigenvalue weighted by atomic mass is 15.3. The zero-order chi connectivity index (χ0) is 15.1. The molecule has 0 aliphatic rings. The van der Waals surface area contributed by atoms with E-state index < -0.39 is 0 Å². The summed E-state index contributed by atoms with van der Waals surface area (Å²) in [6, 6.07) is 11.8. The minimum absolute atomic E-state index is 0.752. The van der Waals surface area contributed by atoms with Gasteiger partial charge in [0, 0.05) is 30.1 Å². The van der Waals surface area contributed by atoms with Gasteiger partial charge in [-0.25, -0.2) is 14.6 Å². The van der Waals surface area contributed by atoms with Crippen LogP contribution in [-0.4, -0.2) is 24.1 Å². The van der Waals surface area contributed by atoms with Crippen LogP contribution >= 0.6 is 0 Å². The molecule has 0 amide bonds. The van der Waals surface area contributed by atoms with Crippen molar-refractivity contribution in [2.24, 2.45) is 7.05 Å². The summed E-state index contributed by atoms with van der Waals surface area (Å²) in [5.41, 5.74) is 10.5. The van der Waals surface area contributed by atoms with Crippen LogP contribution in [0, 0.1) is 0 Å². The monoisotopic (exact) mass is 290 g/mol. The van der Waals surface area contributed by atoms with Crippen LogP contribution in [0.4, 0.5) is 5.69 Å². The first-order valence-electron chi connectivity index (χ1n) is 6.90. The Balaban J connectivity index is 1.84. The van der Waals surface area contributed by atoms with Gasteiger partial charge in [-0.3, -0.25) is 4.40 Å². The second kappa shape index (κ2) is 4.70. The highest BCUT2D eigenvalue weighted by Gasteiger charge is 2.09. The molecule has 0 unspecified atom stereocenters. The molecule has 108 valence electrons. The third-order valence-electron chi connectivity index (χ3n) is 3.69. The summed E-state index contributed by atoms with van der Waals surface area (Å²) >= 11 is 0. The summed E-state index contributed by atoms with van der Waals surface area (Å²) in [5, 5.41) is 4.10. The molecule has 0 saturated carbocycles. The van der Waals surface area contributed by atoms with Gasteiger partial charge in [-0.05, 0) is 24.3 Å². The molecule has 0 atom stereocenters. The van der Waals surface area contributed by atoms with Crippen LogP contribution in [0.3, 0.4) is 0 Å². The smallest absolute Gasteiger partial charge is 0.157 e. The second-order valence-corrected chi connectivity index (χ2v) is 5.12. The Bertz CT molecular complexity index is 948. The van der Waals surface area contributed by atoms with E-state index in [1.165, 1.54) is 0 Å². The number of imidazole rings is 1. The number of aromatic nitrogens is 5. The summed E-state index contributed by atoms with van der Waals surface area (Å²) in [6.07, 6.45) is 5.41. The number of rotatable bonds is 2. The van der Waals surface area contributed by atoms with Gasteiger partial charge >= 0.3 is 0 Å². The van der Waals surface area contributed by atoms with Crippen molar-refractivity contribution < 1.29 is 0 Å². The van der Waals surface area contributed by atoms with Crippen LogP contribution in [0.1, 0.15) is 0 Å². The van der Waals surface area contributed by atoms with Crippen molar-refractivity contribution in [3.8, 4) is 22.6 Å². The van der Waals surface area contributed by atoms with Crippen LogP contribution in [0.5, 0.6) is 0 Å². The lowest BCUT2D eigenvalue weighted by molar-refractivity contribution is 0.774. The van der Waals surface area contributed by atoms with Gasteiger partial charge in [-0.2, -0.15) is 5.10 Å². The van der Waals surface area contributed by atoms with Crippen molar-refractivity contribution in [1.29, 1.82) is 0 Å². The fourth-order valence-corrected chi connectivity index (χ4v) is 2.54. The standard InChI is InChI=1S/C16H14N6/c1-21-16(19-10-20-21)12-6-7-22-14(9-18-15(22)8-12)11-2-4-13(17)5-3-11/h2-10H,17H2,1H3. The maximum absolute atomic E-state index is 5.74. The van der Waals surface area contributed by atoms with Gasteiger partial charge in [-0.1, -0.05) is 12.1 Å². The van der Waals surface area contributed by atoms with Crippen molar-refractivity contribution in [3.05, 3.63) is 55.1 Å². The predicted octanol–water partition coefficient (Wildman–Crippen LogP) is 2.38. The minimum Gasteiger partial charge on any atom is -0.399 e. The first kappa shape index (κ1) is 12.6. The molecule has 0 aliphatic carbocycles. The molecule has 2 N–H and O–H groups in total. The van der Waals surface area contributed by atoms with E-state index in [-0.39, 0.29) is 0 Å². The Morgan fingerprint density at radius 1 is 1.00 bits per heavy atom. The number of nitrogen functional groups attached to an aromatic ring is 1. The van der Waals surface area contributed by atoms with Gasteiger partial charge in [0.25, 0.3) is 0 Å². The molecule has 22 heavy (non-hydrogen) atoms. The average molecular weight is 290 g/mol. The molecule has 4 rings (SSSR count).